The minimum absolute atomic E-state index is 0.108. The highest BCUT2D eigenvalue weighted by molar-refractivity contribution is 7.71. The summed E-state index contributed by atoms with van der Waals surface area (Å²) in [6, 6.07) is 0. The van der Waals surface area contributed by atoms with E-state index in [-0.39, 0.29) is 11.6 Å². The number of H-pyrrole nitrogens is 1. The zero-order chi connectivity index (χ0) is 14.1. The molecule has 1 saturated heterocycles. The summed E-state index contributed by atoms with van der Waals surface area (Å²) < 4.78 is 2.42. The summed E-state index contributed by atoms with van der Waals surface area (Å²) in [5.41, 5.74) is 2.13. The van der Waals surface area contributed by atoms with Gasteiger partial charge in [0.1, 0.15) is 4.64 Å². The predicted octanol–water partition coefficient (Wildman–Crippen LogP) is 1.41. The first-order valence-electron chi connectivity index (χ1n) is 7.29. The van der Waals surface area contributed by atoms with Crippen molar-refractivity contribution in [2.24, 2.45) is 0 Å². The van der Waals surface area contributed by atoms with Gasteiger partial charge in [0.2, 0.25) is 5.91 Å². The zero-order valence-electron chi connectivity index (χ0n) is 11.5. The number of aromatic nitrogens is 2. The van der Waals surface area contributed by atoms with Gasteiger partial charge in [-0.2, -0.15) is 0 Å². The second kappa shape index (κ2) is 5.52. The molecule has 108 valence electrons. The van der Waals surface area contributed by atoms with Gasteiger partial charge < -0.3 is 4.90 Å². The highest BCUT2D eigenvalue weighted by Crippen LogP contribution is 2.21. The number of nitrogens with one attached hydrogen (secondary N) is 1. The zero-order valence-corrected chi connectivity index (χ0v) is 12.3. The van der Waals surface area contributed by atoms with E-state index < -0.39 is 0 Å². The number of fused-ring (bicyclic) bond motifs is 1. The van der Waals surface area contributed by atoms with Crippen molar-refractivity contribution < 1.29 is 4.79 Å². The lowest BCUT2D eigenvalue weighted by Crippen LogP contribution is -2.30. The van der Waals surface area contributed by atoms with Gasteiger partial charge in [-0.1, -0.05) is 12.2 Å². The maximum atomic E-state index is 12.1. The number of hydrogen-bond acceptors (Lipinski definition) is 3. The van der Waals surface area contributed by atoms with Gasteiger partial charge in [0.05, 0.1) is 0 Å². The van der Waals surface area contributed by atoms with Gasteiger partial charge in [-0.3, -0.25) is 14.3 Å². The van der Waals surface area contributed by atoms with Gasteiger partial charge in [-0.15, -0.1) is 0 Å². The van der Waals surface area contributed by atoms with Gasteiger partial charge in [0, 0.05) is 37.3 Å². The molecule has 0 atom stereocenters. The maximum Gasteiger partial charge on any atom is 0.326 e. The van der Waals surface area contributed by atoms with Crippen LogP contribution in [0.5, 0.6) is 0 Å². The van der Waals surface area contributed by atoms with Gasteiger partial charge >= 0.3 is 5.69 Å². The number of aromatic amines is 1. The Bertz CT molecular complexity index is 647. The lowest BCUT2D eigenvalue weighted by atomic mass is 10.2. The summed E-state index contributed by atoms with van der Waals surface area (Å²) in [5, 5.41) is 0. The summed E-state index contributed by atoms with van der Waals surface area (Å²) in [6.07, 6.45) is 5.44. The number of amides is 1. The van der Waals surface area contributed by atoms with Crippen LogP contribution in [0.15, 0.2) is 4.79 Å². The first-order valence-corrected chi connectivity index (χ1v) is 7.70. The average molecular weight is 293 g/mol. The molecule has 0 radical (unpaired) electrons. The predicted molar refractivity (Wildman–Crippen MR) is 78.3 cm³/mol. The standard InChI is InChI=1S/C14H19N3O2S/c18-12-6-2-7-16(12)8-3-9-17-11-5-1-4-10(11)13(20)15-14(17)19/h1-9H2,(H,15,19,20). The molecule has 0 unspecified atom stereocenters. The summed E-state index contributed by atoms with van der Waals surface area (Å²) in [6.45, 7) is 2.27. The minimum Gasteiger partial charge on any atom is -0.343 e. The molecule has 5 nitrogen and oxygen atoms in total. The van der Waals surface area contributed by atoms with E-state index in [1.807, 2.05) is 9.47 Å². The molecule has 1 amide bonds. The molecule has 2 aliphatic rings. The quantitative estimate of drug-likeness (QED) is 0.854. The van der Waals surface area contributed by atoms with Crippen molar-refractivity contribution in [1.82, 2.24) is 14.5 Å². The monoisotopic (exact) mass is 293 g/mol. The first kappa shape index (κ1) is 13.5. The fourth-order valence-electron chi connectivity index (χ4n) is 3.23. The Morgan fingerprint density at radius 1 is 1.10 bits per heavy atom. The molecule has 0 saturated carbocycles. The maximum absolute atomic E-state index is 12.1. The van der Waals surface area contributed by atoms with Crippen molar-refractivity contribution in [3.63, 3.8) is 0 Å². The Morgan fingerprint density at radius 3 is 2.70 bits per heavy atom. The van der Waals surface area contributed by atoms with Crippen LogP contribution in [0.3, 0.4) is 0 Å². The molecule has 3 rings (SSSR count). The van der Waals surface area contributed by atoms with E-state index in [9.17, 15) is 9.59 Å². The Hall–Kier alpha value is -1.43. The summed E-state index contributed by atoms with van der Waals surface area (Å²) >= 11 is 5.22. The number of nitrogens with zero attached hydrogens (tertiary/aromatic N) is 2. The minimum atomic E-state index is -0.108. The normalized spacial score (nSPS) is 17.8. The lowest BCUT2D eigenvalue weighted by molar-refractivity contribution is -0.127. The SMILES string of the molecule is O=C1CCCN1CCCn1c2c(c(=S)[nH]c1=O)CCC2. The van der Waals surface area contributed by atoms with Crippen LogP contribution >= 0.6 is 12.2 Å². The third kappa shape index (κ3) is 2.44. The Labute approximate surface area is 122 Å². The van der Waals surface area contributed by atoms with E-state index in [0.717, 1.165) is 56.5 Å². The van der Waals surface area contributed by atoms with Crippen molar-refractivity contribution in [1.29, 1.82) is 0 Å². The number of rotatable bonds is 4. The van der Waals surface area contributed by atoms with E-state index >= 15 is 0 Å². The highest BCUT2D eigenvalue weighted by atomic mass is 32.1. The molecule has 1 fully saturated rings. The van der Waals surface area contributed by atoms with E-state index in [0.29, 0.717) is 17.6 Å². The van der Waals surface area contributed by atoms with Crippen molar-refractivity contribution >= 4 is 18.1 Å². The molecule has 6 heteroatoms. The van der Waals surface area contributed by atoms with E-state index in [2.05, 4.69) is 4.98 Å². The van der Waals surface area contributed by atoms with Crippen LogP contribution in [0.25, 0.3) is 0 Å². The second-order valence-corrected chi connectivity index (χ2v) is 5.94. The highest BCUT2D eigenvalue weighted by Gasteiger charge is 2.21. The molecule has 2 heterocycles. The van der Waals surface area contributed by atoms with Crippen LogP contribution in [0.4, 0.5) is 0 Å². The molecule has 1 aromatic heterocycles. The third-order valence-corrected chi connectivity index (χ3v) is 4.58. The molecule has 1 aliphatic carbocycles. The van der Waals surface area contributed by atoms with Crippen molar-refractivity contribution in [2.75, 3.05) is 13.1 Å². The van der Waals surface area contributed by atoms with Crippen LogP contribution in [0, 0.1) is 4.64 Å². The summed E-state index contributed by atoms with van der Waals surface area (Å²) in [5.74, 6) is 0.245. The molecule has 1 aromatic rings. The van der Waals surface area contributed by atoms with Gasteiger partial charge in [-0.25, -0.2) is 4.79 Å². The number of carbonyl (C=O) groups excluding carboxylic acids is 1. The van der Waals surface area contributed by atoms with Gasteiger partial charge in [-0.05, 0) is 32.1 Å². The molecular formula is C14H19N3O2S. The molecule has 0 aromatic carbocycles. The fourth-order valence-corrected chi connectivity index (χ4v) is 3.54. The Morgan fingerprint density at radius 2 is 1.95 bits per heavy atom. The van der Waals surface area contributed by atoms with E-state index in [4.69, 9.17) is 12.2 Å². The van der Waals surface area contributed by atoms with Gasteiger partial charge in [0.15, 0.2) is 0 Å². The van der Waals surface area contributed by atoms with Crippen molar-refractivity contribution in [2.45, 2.75) is 45.1 Å². The topological polar surface area (TPSA) is 58.1 Å². The number of hydrogen-bond donors (Lipinski definition) is 1. The number of likely N-dealkylation sites (tertiary alicyclic amines) is 1. The van der Waals surface area contributed by atoms with Crippen LogP contribution in [0.1, 0.15) is 36.9 Å². The first-order chi connectivity index (χ1) is 9.66. The lowest BCUT2D eigenvalue weighted by Gasteiger charge is -2.17. The van der Waals surface area contributed by atoms with Gasteiger partial charge in [0.25, 0.3) is 0 Å². The molecule has 0 spiro atoms. The van der Waals surface area contributed by atoms with E-state index in [1.165, 1.54) is 0 Å². The molecule has 0 bridgehead atoms. The fraction of sp³-hybridized carbons (Fsp3) is 0.643. The average Bonchev–Trinajstić information content (AvgIpc) is 3.03. The van der Waals surface area contributed by atoms with Crippen LogP contribution in [-0.4, -0.2) is 33.4 Å². The largest absolute Gasteiger partial charge is 0.343 e. The van der Waals surface area contributed by atoms with Crippen molar-refractivity contribution in [3.05, 3.63) is 26.4 Å². The molecule has 1 aliphatic heterocycles. The summed E-state index contributed by atoms with van der Waals surface area (Å²) in [7, 11) is 0. The van der Waals surface area contributed by atoms with E-state index in [1.54, 1.807) is 0 Å². The third-order valence-electron chi connectivity index (χ3n) is 4.24. The van der Waals surface area contributed by atoms with Crippen LogP contribution in [0.2, 0.25) is 0 Å². The molecule has 1 N–H and O–H groups in total. The van der Waals surface area contributed by atoms with Crippen LogP contribution < -0.4 is 5.69 Å². The molecule has 20 heavy (non-hydrogen) atoms. The van der Waals surface area contributed by atoms with Crippen molar-refractivity contribution in [3.8, 4) is 0 Å². The Balaban J connectivity index is 1.72. The Kier molecular flexibility index (Phi) is 3.74. The summed E-state index contributed by atoms with van der Waals surface area (Å²) in [4.78, 5) is 28.3. The smallest absolute Gasteiger partial charge is 0.326 e. The number of carbonyl (C=O) groups is 1. The molecular weight excluding hydrogens is 274 g/mol. The van der Waals surface area contributed by atoms with Crippen LogP contribution in [-0.2, 0) is 24.2 Å². The second-order valence-electron chi connectivity index (χ2n) is 5.53.